The van der Waals surface area contributed by atoms with Crippen molar-refractivity contribution in [1.29, 1.82) is 0 Å². The Kier molecular flexibility index (Phi) is 6.62. The summed E-state index contributed by atoms with van der Waals surface area (Å²) in [5.41, 5.74) is 2.13. The summed E-state index contributed by atoms with van der Waals surface area (Å²) in [7, 11) is 0. The molecule has 0 bridgehead atoms. The van der Waals surface area contributed by atoms with Gasteiger partial charge in [0.05, 0.1) is 17.4 Å². The zero-order valence-electron chi connectivity index (χ0n) is 17.1. The average Bonchev–Trinajstić information content (AvgIpc) is 3.13. The summed E-state index contributed by atoms with van der Waals surface area (Å²) in [5, 5.41) is 16.5. The van der Waals surface area contributed by atoms with Crippen molar-refractivity contribution >= 4 is 51.4 Å². The van der Waals surface area contributed by atoms with E-state index in [1.54, 1.807) is 24.3 Å². The SMILES string of the molecule is O=C(Nc1ccc(Cl)cc1)c1c(NC(=O)C2CCCCC2C(=O)O)sc2c1CCCC2. The molecule has 1 heterocycles. The standard InChI is InChI=1S/C23H25ClN2O4S/c24-13-9-11-14(12-10-13)25-21(28)19-17-7-3-4-8-18(17)31-22(19)26-20(27)15-5-1-2-6-16(15)23(29)30/h9-12,15-16H,1-8H2,(H,25,28)(H,26,27)(H,29,30). The number of aryl methyl sites for hydroxylation is 1. The number of aliphatic carboxylic acids is 1. The number of carbonyl (C=O) groups excluding carboxylic acids is 2. The maximum atomic E-state index is 13.2. The molecule has 2 unspecified atom stereocenters. The van der Waals surface area contributed by atoms with Crippen LogP contribution in [0.1, 0.15) is 59.3 Å². The van der Waals surface area contributed by atoms with Gasteiger partial charge in [0.1, 0.15) is 5.00 Å². The molecule has 164 valence electrons. The van der Waals surface area contributed by atoms with E-state index in [1.807, 2.05) is 0 Å². The third-order valence-corrected chi connectivity index (χ3v) is 7.62. The summed E-state index contributed by atoms with van der Waals surface area (Å²) in [4.78, 5) is 39.0. The van der Waals surface area contributed by atoms with E-state index in [-0.39, 0.29) is 11.8 Å². The number of thiophene rings is 1. The monoisotopic (exact) mass is 460 g/mol. The molecule has 1 aromatic carbocycles. The van der Waals surface area contributed by atoms with Gasteiger partial charge in [-0.15, -0.1) is 11.3 Å². The molecule has 1 fully saturated rings. The largest absolute Gasteiger partial charge is 0.481 e. The van der Waals surface area contributed by atoms with E-state index in [1.165, 1.54) is 11.3 Å². The van der Waals surface area contributed by atoms with Crippen LogP contribution in [-0.4, -0.2) is 22.9 Å². The molecule has 2 aromatic rings. The number of carboxylic acids is 1. The molecule has 6 nitrogen and oxygen atoms in total. The Bertz CT molecular complexity index is 1000. The number of carbonyl (C=O) groups is 3. The normalized spacial score (nSPS) is 20.5. The van der Waals surface area contributed by atoms with Crippen molar-refractivity contribution in [3.63, 3.8) is 0 Å². The van der Waals surface area contributed by atoms with E-state index in [0.717, 1.165) is 49.0 Å². The van der Waals surface area contributed by atoms with Crippen molar-refractivity contribution in [3.05, 3.63) is 45.3 Å². The van der Waals surface area contributed by atoms with Crippen molar-refractivity contribution in [2.24, 2.45) is 11.8 Å². The zero-order chi connectivity index (χ0) is 22.0. The highest BCUT2D eigenvalue weighted by molar-refractivity contribution is 7.17. The van der Waals surface area contributed by atoms with Crippen LogP contribution in [0.4, 0.5) is 10.7 Å². The van der Waals surface area contributed by atoms with Crippen molar-refractivity contribution < 1.29 is 19.5 Å². The highest BCUT2D eigenvalue weighted by atomic mass is 35.5. The molecule has 8 heteroatoms. The van der Waals surface area contributed by atoms with Gasteiger partial charge in [-0.25, -0.2) is 0 Å². The molecule has 4 rings (SSSR count). The van der Waals surface area contributed by atoms with Crippen LogP contribution in [0, 0.1) is 11.8 Å². The minimum Gasteiger partial charge on any atom is -0.481 e. The smallest absolute Gasteiger partial charge is 0.307 e. The first kappa shape index (κ1) is 21.8. The third kappa shape index (κ3) is 4.77. The van der Waals surface area contributed by atoms with Gasteiger partial charge in [-0.05, 0) is 68.4 Å². The van der Waals surface area contributed by atoms with E-state index in [9.17, 15) is 19.5 Å². The maximum Gasteiger partial charge on any atom is 0.307 e. The highest BCUT2D eigenvalue weighted by Crippen LogP contribution is 2.40. The van der Waals surface area contributed by atoms with Crippen molar-refractivity contribution in [2.45, 2.75) is 51.4 Å². The number of halogens is 1. The molecule has 2 aliphatic rings. The van der Waals surface area contributed by atoms with Crippen LogP contribution in [0.5, 0.6) is 0 Å². The topological polar surface area (TPSA) is 95.5 Å². The summed E-state index contributed by atoms with van der Waals surface area (Å²) in [6.07, 6.45) is 6.48. The van der Waals surface area contributed by atoms with Gasteiger partial charge < -0.3 is 15.7 Å². The fourth-order valence-corrected chi connectivity index (χ4v) is 5.98. The lowest BCUT2D eigenvalue weighted by Gasteiger charge is -2.27. The van der Waals surface area contributed by atoms with Crippen LogP contribution in [0.25, 0.3) is 0 Å². The number of hydrogen-bond acceptors (Lipinski definition) is 4. The lowest BCUT2D eigenvalue weighted by atomic mass is 9.78. The third-order valence-electron chi connectivity index (χ3n) is 6.16. The zero-order valence-corrected chi connectivity index (χ0v) is 18.7. The summed E-state index contributed by atoms with van der Waals surface area (Å²) in [6.45, 7) is 0. The molecular weight excluding hydrogens is 436 g/mol. The van der Waals surface area contributed by atoms with Crippen LogP contribution < -0.4 is 10.6 Å². The minimum atomic E-state index is -0.925. The van der Waals surface area contributed by atoms with Crippen LogP contribution >= 0.6 is 22.9 Å². The first-order valence-electron chi connectivity index (χ1n) is 10.7. The van der Waals surface area contributed by atoms with Gasteiger partial charge in [0.2, 0.25) is 5.91 Å². The van der Waals surface area contributed by atoms with Crippen molar-refractivity contribution in [3.8, 4) is 0 Å². The number of amides is 2. The van der Waals surface area contributed by atoms with E-state index in [0.29, 0.717) is 34.1 Å². The fourth-order valence-electron chi connectivity index (χ4n) is 4.57. The Morgan fingerprint density at radius 3 is 2.32 bits per heavy atom. The molecule has 0 spiro atoms. The average molecular weight is 461 g/mol. The molecule has 2 aliphatic carbocycles. The highest BCUT2D eigenvalue weighted by Gasteiger charge is 2.37. The van der Waals surface area contributed by atoms with Crippen molar-refractivity contribution in [2.75, 3.05) is 10.6 Å². The predicted molar refractivity (Wildman–Crippen MR) is 122 cm³/mol. The Balaban J connectivity index is 1.60. The minimum absolute atomic E-state index is 0.268. The molecule has 3 N–H and O–H groups in total. The Morgan fingerprint density at radius 1 is 0.935 bits per heavy atom. The molecule has 0 radical (unpaired) electrons. The Labute approximate surface area is 190 Å². The first-order chi connectivity index (χ1) is 14.9. The van der Waals surface area contributed by atoms with Crippen LogP contribution in [-0.2, 0) is 22.4 Å². The van der Waals surface area contributed by atoms with Gasteiger partial charge in [-0.3, -0.25) is 14.4 Å². The van der Waals surface area contributed by atoms with Gasteiger partial charge in [-0.2, -0.15) is 0 Å². The van der Waals surface area contributed by atoms with Gasteiger partial charge in [0.25, 0.3) is 5.91 Å². The van der Waals surface area contributed by atoms with Gasteiger partial charge in [0, 0.05) is 15.6 Å². The Hall–Kier alpha value is -2.38. The lowest BCUT2D eigenvalue weighted by Crippen LogP contribution is -2.36. The number of anilines is 2. The Morgan fingerprint density at radius 2 is 1.61 bits per heavy atom. The van der Waals surface area contributed by atoms with Gasteiger partial charge in [0.15, 0.2) is 0 Å². The number of carboxylic acid groups (broad SMARTS) is 1. The van der Waals surface area contributed by atoms with Crippen LogP contribution in [0.15, 0.2) is 24.3 Å². The molecule has 1 aromatic heterocycles. The molecule has 31 heavy (non-hydrogen) atoms. The van der Waals surface area contributed by atoms with Crippen LogP contribution in [0.3, 0.4) is 0 Å². The summed E-state index contributed by atoms with van der Waals surface area (Å²) >= 11 is 7.38. The summed E-state index contributed by atoms with van der Waals surface area (Å²) in [5.74, 6) is -2.74. The number of nitrogens with one attached hydrogen (secondary N) is 2. The van der Waals surface area contributed by atoms with Crippen LogP contribution in [0.2, 0.25) is 5.02 Å². The van der Waals surface area contributed by atoms with Crippen molar-refractivity contribution in [1.82, 2.24) is 0 Å². The van der Waals surface area contributed by atoms with E-state index >= 15 is 0 Å². The number of fused-ring (bicyclic) bond motifs is 1. The predicted octanol–water partition coefficient (Wildman–Crippen LogP) is 5.36. The van der Waals surface area contributed by atoms with E-state index in [2.05, 4.69) is 10.6 Å². The summed E-state index contributed by atoms with van der Waals surface area (Å²) in [6, 6.07) is 6.88. The number of benzene rings is 1. The number of rotatable bonds is 5. The second-order valence-corrected chi connectivity index (χ2v) is 9.74. The quantitative estimate of drug-likeness (QED) is 0.559. The first-order valence-corrected chi connectivity index (χ1v) is 11.9. The number of hydrogen-bond donors (Lipinski definition) is 3. The molecule has 0 aliphatic heterocycles. The molecule has 2 atom stereocenters. The molecule has 1 saturated carbocycles. The second-order valence-electron chi connectivity index (χ2n) is 8.20. The molecule has 2 amide bonds. The van der Waals surface area contributed by atoms with Gasteiger partial charge >= 0.3 is 5.97 Å². The second kappa shape index (κ2) is 9.40. The molecule has 0 saturated heterocycles. The van der Waals surface area contributed by atoms with E-state index < -0.39 is 17.8 Å². The fraction of sp³-hybridized carbons (Fsp3) is 0.435. The lowest BCUT2D eigenvalue weighted by molar-refractivity contribution is -0.147. The maximum absolute atomic E-state index is 13.2. The molecular formula is C23H25ClN2O4S. The van der Waals surface area contributed by atoms with Gasteiger partial charge in [-0.1, -0.05) is 24.4 Å². The van der Waals surface area contributed by atoms with E-state index in [4.69, 9.17) is 11.6 Å². The summed E-state index contributed by atoms with van der Waals surface area (Å²) < 4.78 is 0.